The van der Waals surface area contributed by atoms with E-state index in [1.165, 1.54) is 11.1 Å². The van der Waals surface area contributed by atoms with Crippen LogP contribution in [0.4, 0.5) is 5.82 Å². The third-order valence-electron chi connectivity index (χ3n) is 4.80. The Morgan fingerprint density at radius 1 is 1.15 bits per heavy atom. The fourth-order valence-electron chi connectivity index (χ4n) is 3.21. The lowest BCUT2D eigenvalue weighted by atomic mass is 10.1. The van der Waals surface area contributed by atoms with E-state index in [0.29, 0.717) is 19.6 Å². The summed E-state index contributed by atoms with van der Waals surface area (Å²) in [6.07, 6.45) is 2.33. The van der Waals surface area contributed by atoms with Crippen molar-refractivity contribution >= 4 is 32.8 Å². The number of carbonyl (C=O) groups is 1. The SMILES string of the molecule is Cc1cc2ncnc(N3CCCN(C(=O)CNS(N)(=O)=O)CC3)c2cc1C. The monoisotopic (exact) mass is 392 g/mol. The van der Waals surface area contributed by atoms with Gasteiger partial charge in [0.2, 0.25) is 5.91 Å². The minimum atomic E-state index is -3.88. The molecule has 3 N–H and O–H groups in total. The number of hydrogen-bond acceptors (Lipinski definition) is 6. The Hall–Kier alpha value is -2.30. The molecule has 9 nitrogen and oxygen atoms in total. The third-order valence-corrected chi connectivity index (χ3v) is 5.35. The molecule has 10 heteroatoms. The Morgan fingerprint density at radius 3 is 2.63 bits per heavy atom. The Morgan fingerprint density at radius 2 is 1.89 bits per heavy atom. The first-order chi connectivity index (χ1) is 12.7. The molecular weight excluding hydrogens is 368 g/mol. The number of benzene rings is 1. The number of amides is 1. The Labute approximate surface area is 158 Å². The Balaban J connectivity index is 1.76. The molecule has 27 heavy (non-hydrogen) atoms. The third kappa shape index (κ3) is 4.71. The zero-order valence-corrected chi connectivity index (χ0v) is 16.3. The van der Waals surface area contributed by atoms with E-state index >= 15 is 0 Å². The van der Waals surface area contributed by atoms with Crippen molar-refractivity contribution in [3.63, 3.8) is 0 Å². The van der Waals surface area contributed by atoms with Crippen LogP contribution in [0.2, 0.25) is 0 Å². The first kappa shape index (κ1) is 19.5. The molecule has 0 spiro atoms. The van der Waals surface area contributed by atoms with Gasteiger partial charge in [-0.15, -0.1) is 0 Å². The van der Waals surface area contributed by atoms with E-state index in [1.54, 1.807) is 11.2 Å². The largest absolute Gasteiger partial charge is 0.354 e. The van der Waals surface area contributed by atoms with Crippen LogP contribution in [0, 0.1) is 13.8 Å². The van der Waals surface area contributed by atoms with Crippen molar-refractivity contribution in [2.45, 2.75) is 20.3 Å². The van der Waals surface area contributed by atoms with Gasteiger partial charge in [0.25, 0.3) is 10.2 Å². The lowest BCUT2D eigenvalue weighted by molar-refractivity contribution is -0.129. The average Bonchev–Trinajstić information content (AvgIpc) is 2.86. The van der Waals surface area contributed by atoms with Gasteiger partial charge in [0.1, 0.15) is 12.1 Å². The molecule has 1 saturated heterocycles. The van der Waals surface area contributed by atoms with Gasteiger partial charge in [0.05, 0.1) is 12.1 Å². The molecule has 1 fully saturated rings. The molecule has 2 heterocycles. The number of nitrogens with one attached hydrogen (secondary N) is 1. The zero-order chi connectivity index (χ0) is 19.6. The van der Waals surface area contributed by atoms with Crippen molar-refractivity contribution in [1.29, 1.82) is 0 Å². The number of hydrogen-bond donors (Lipinski definition) is 2. The van der Waals surface area contributed by atoms with Gasteiger partial charge in [0, 0.05) is 31.6 Å². The van der Waals surface area contributed by atoms with Gasteiger partial charge in [-0.05, 0) is 43.5 Å². The van der Waals surface area contributed by atoms with E-state index in [0.717, 1.165) is 29.7 Å². The second-order valence-electron chi connectivity index (χ2n) is 6.74. The van der Waals surface area contributed by atoms with Crippen LogP contribution < -0.4 is 14.8 Å². The van der Waals surface area contributed by atoms with Crippen LogP contribution in [-0.4, -0.2) is 61.9 Å². The standard InChI is InChI=1S/C17H24N6O3S/c1-12-8-14-15(9-13(12)2)19-11-20-17(14)23-5-3-4-22(6-7-23)16(24)10-21-27(18,25)26/h8-9,11,21H,3-7,10H2,1-2H3,(H2,18,25,26). The molecule has 0 saturated carbocycles. The molecule has 1 aliphatic heterocycles. The van der Waals surface area contributed by atoms with Crippen LogP contribution in [0.5, 0.6) is 0 Å². The van der Waals surface area contributed by atoms with E-state index < -0.39 is 10.2 Å². The molecule has 0 aliphatic carbocycles. The summed E-state index contributed by atoms with van der Waals surface area (Å²) in [5.74, 6) is 0.574. The Bertz CT molecular complexity index is 963. The van der Waals surface area contributed by atoms with E-state index in [9.17, 15) is 13.2 Å². The van der Waals surface area contributed by atoms with Crippen LogP contribution in [0.1, 0.15) is 17.5 Å². The average molecular weight is 392 g/mol. The second-order valence-corrected chi connectivity index (χ2v) is 8.12. The number of nitrogens with two attached hydrogens (primary N) is 1. The molecule has 0 unspecified atom stereocenters. The normalized spacial score (nSPS) is 15.8. The first-order valence-electron chi connectivity index (χ1n) is 8.76. The number of rotatable bonds is 4. The zero-order valence-electron chi connectivity index (χ0n) is 15.5. The van der Waals surface area contributed by atoms with Gasteiger partial charge < -0.3 is 9.80 Å². The molecule has 0 atom stereocenters. The summed E-state index contributed by atoms with van der Waals surface area (Å²) < 4.78 is 24.0. The summed E-state index contributed by atoms with van der Waals surface area (Å²) in [7, 11) is -3.88. The summed E-state index contributed by atoms with van der Waals surface area (Å²) in [5.41, 5.74) is 3.26. The maximum atomic E-state index is 12.2. The van der Waals surface area contributed by atoms with Crippen LogP contribution in [0.3, 0.4) is 0 Å². The van der Waals surface area contributed by atoms with Crippen molar-refractivity contribution in [2.24, 2.45) is 5.14 Å². The summed E-state index contributed by atoms with van der Waals surface area (Å²) in [4.78, 5) is 24.9. The molecule has 3 rings (SSSR count). The summed E-state index contributed by atoms with van der Waals surface area (Å²) >= 11 is 0. The number of aryl methyl sites for hydroxylation is 2. The van der Waals surface area contributed by atoms with E-state index in [2.05, 4.69) is 40.8 Å². The van der Waals surface area contributed by atoms with Gasteiger partial charge >= 0.3 is 0 Å². The van der Waals surface area contributed by atoms with Gasteiger partial charge in [-0.25, -0.2) is 15.1 Å². The summed E-state index contributed by atoms with van der Waals surface area (Å²) in [6.45, 7) is 6.21. The first-order valence-corrected chi connectivity index (χ1v) is 10.3. The van der Waals surface area contributed by atoms with Gasteiger partial charge in [-0.3, -0.25) is 4.79 Å². The van der Waals surface area contributed by atoms with Crippen molar-refractivity contribution in [1.82, 2.24) is 19.6 Å². The molecule has 1 aromatic carbocycles. The maximum absolute atomic E-state index is 12.2. The van der Waals surface area contributed by atoms with Crippen molar-refractivity contribution < 1.29 is 13.2 Å². The highest BCUT2D eigenvalue weighted by Crippen LogP contribution is 2.26. The fourth-order valence-corrected chi connectivity index (χ4v) is 3.53. The van der Waals surface area contributed by atoms with Gasteiger partial charge in [-0.1, -0.05) is 0 Å². The quantitative estimate of drug-likeness (QED) is 0.760. The highest BCUT2D eigenvalue weighted by Gasteiger charge is 2.22. The molecule has 2 aromatic rings. The number of carbonyl (C=O) groups excluding carboxylic acids is 1. The topological polar surface area (TPSA) is 122 Å². The fraction of sp³-hybridized carbons (Fsp3) is 0.471. The smallest absolute Gasteiger partial charge is 0.274 e. The number of aromatic nitrogens is 2. The minimum Gasteiger partial charge on any atom is -0.354 e. The Kier molecular flexibility index (Phi) is 5.59. The van der Waals surface area contributed by atoms with Gasteiger partial charge in [0.15, 0.2) is 0 Å². The highest BCUT2D eigenvalue weighted by molar-refractivity contribution is 7.87. The van der Waals surface area contributed by atoms with Crippen LogP contribution >= 0.6 is 0 Å². The van der Waals surface area contributed by atoms with Crippen molar-refractivity contribution in [2.75, 3.05) is 37.6 Å². The van der Waals surface area contributed by atoms with Crippen LogP contribution in [-0.2, 0) is 15.0 Å². The lowest BCUT2D eigenvalue weighted by Crippen LogP contribution is -2.43. The second kappa shape index (κ2) is 7.75. The number of nitrogens with zero attached hydrogens (tertiary/aromatic N) is 4. The van der Waals surface area contributed by atoms with Crippen molar-refractivity contribution in [3.05, 3.63) is 29.6 Å². The summed E-state index contributed by atoms with van der Waals surface area (Å²) in [5, 5.41) is 5.88. The minimum absolute atomic E-state index is 0.287. The molecule has 0 radical (unpaired) electrons. The predicted molar refractivity (Wildman–Crippen MR) is 104 cm³/mol. The van der Waals surface area contributed by atoms with E-state index in [1.807, 2.05) is 4.72 Å². The van der Waals surface area contributed by atoms with Crippen LogP contribution in [0.25, 0.3) is 10.9 Å². The maximum Gasteiger partial charge on any atom is 0.274 e. The predicted octanol–water partition coefficient (Wildman–Crippen LogP) is 0.0784. The van der Waals surface area contributed by atoms with Gasteiger partial charge in [-0.2, -0.15) is 13.1 Å². The molecule has 1 aliphatic rings. The molecule has 1 amide bonds. The van der Waals surface area contributed by atoms with E-state index in [-0.39, 0.29) is 12.5 Å². The van der Waals surface area contributed by atoms with E-state index in [4.69, 9.17) is 5.14 Å². The molecular formula is C17H24N6O3S. The summed E-state index contributed by atoms with van der Waals surface area (Å²) in [6, 6.07) is 4.16. The number of anilines is 1. The molecule has 1 aromatic heterocycles. The lowest BCUT2D eigenvalue weighted by Gasteiger charge is -2.24. The van der Waals surface area contributed by atoms with Crippen LogP contribution in [0.15, 0.2) is 18.5 Å². The van der Waals surface area contributed by atoms with Crippen molar-refractivity contribution in [3.8, 4) is 0 Å². The molecule has 146 valence electrons. The highest BCUT2D eigenvalue weighted by atomic mass is 32.2. The number of fused-ring (bicyclic) bond motifs is 1. The molecule has 0 bridgehead atoms.